The van der Waals surface area contributed by atoms with Gasteiger partial charge >= 0.3 is 0 Å². The number of benzene rings is 1. The maximum Gasteiger partial charge on any atom is 0.234 e. The molecule has 0 saturated carbocycles. The molecule has 0 radical (unpaired) electrons. The van der Waals surface area contributed by atoms with Crippen molar-refractivity contribution in [3.8, 4) is 0 Å². The van der Waals surface area contributed by atoms with E-state index in [2.05, 4.69) is 17.4 Å². The lowest BCUT2D eigenvalue weighted by atomic mass is 10.1. The van der Waals surface area contributed by atoms with Crippen LogP contribution in [0.4, 0.5) is 5.69 Å². The first-order valence-corrected chi connectivity index (χ1v) is 7.53. The highest BCUT2D eigenvalue weighted by atomic mass is 32.2. The van der Waals surface area contributed by atoms with Crippen molar-refractivity contribution in [2.75, 3.05) is 11.1 Å². The minimum absolute atomic E-state index is 0.0208. The number of amides is 1. The van der Waals surface area contributed by atoms with E-state index in [1.807, 2.05) is 27.7 Å². The topological polar surface area (TPSA) is 49.3 Å². The van der Waals surface area contributed by atoms with Crippen LogP contribution in [-0.4, -0.2) is 28.1 Å². The minimum atomic E-state index is -0.402. The van der Waals surface area contributed by atoms with Crippen LogP contribution in [0.5, 0.6) is 0 Å². The summed E-state index contributed by atoms with van der Waals surface area (Å²) >= 11 is 1.46. The molecule has 2 atom stereocenters. The van der Waals surface area contributed by atoms with Crippen LogP contribution in [0.2, 0.25) is 0 Å². The third-order valence-corrected chi connectivity index (χ3v) is 4.45. The molecule has 4 heteroatoms. The van der Waals surface area contributed by atoms with E-state index >= 15 is 0 Å². The predicted octanol–water partition coefficient (Wildman–Crippen LogP) is 3.05. The number of hydrogen-bond acceptors (Lipinski definition) is 3. The lowest BCUT2D eigenvalue weighted by molar-refractivity contribution is -0.113. The molecule has 0 fully saturated rings. The van der Waals surface area contributed by atoms with Crippen molar-refractivity contribution in [3.05, 3.63) is 28.8 Å². The van der Waals surface area contributed by atoms with Gasteiger partial charge < -0.3 is 10.4 Å². The summed E-state index contributed by atoms with van der Waals surface area (Å²) < 4.78 is 0. The summed E-state index contributed by atoms with van der Waals surface area (Å²) in [5.41, 5.74) is 4.27. The van der Waals surface area contributed by atoms with E-state index < -0.39 is 6.10 Å². The highest BCUT2D eigenvalue weighted by Crippen LogP contribution is 2.22. The van der Waals surface area contributed by atoms with Crippen LogP contribution >= 0.6 is 11.8 Å². The highest BCUT2D eigenvalue weighted by molar-refractivity contribution is 8.00. The normalized spacial score (nSPS) is 14.0. The fourth-order valence-corrected chi connectivity index (χ4v) is 2.66. The standard InChI is InChI=1S/C15H23NO2S/c1-9-6-10(2)15(11(3)7-9)16-14(18)8-19-13(5)12(4)17/h6-7,12-13,17H,8H2,1-5H3,(H,16,18). The summed E-state index contributed by atoms with van der Waals surface area (Å²) in [5, 5.41) is 12.4. The van der Waals surface area contributed by atoms with Crippen molar-refractivity contribution in [2.24, 2.45) is 0 Å². The predicted molar refractivity (Wildman–Crippen MR) is 82.9 cm³/mol. The van der Waals surface area contributed by atoms with Crippen LogP contribution in [0.15, 0.2) is 12.1 Å². The molecule has 2 unspecified atom stereocenters. The van der Waals surface area contributed by atoms with Gasteiger partial charge in [0.1, 0.15) is 0 Å². The van der Waals surface area contributed by atoms with Crippen LogP contribution in [0.25, 0.3) is 0 Å². The van der Waals surface area contributed by atoms with E-state index in [1.54, 1.807) is 6.92 Å². The van der Waals surface area contributed by atoms with Crippen molar-refractivity contribution in [2.45, 2.75) is 46.0 Å². The van der Waals surface area contributed by atoms with E-state index in [1.165, 1.54) is 17.3 Å². The Labute approximate surface area is 119 Å². The molecule has 2 N–H and O–H groups in total. The highest BCUT2D eigenvalue weighted by Gasteiger charge is 2.13. The molecule has 0 aliphatic heterocycles. The summed E-state index contributed by atoms with van der Waals surface area (Å²) in [6, 6.07) is 4.13. The zero-order valence-electron chi connectivity index (χ0n) is 12.3. The lowest BCUT2D eigenvalue weighted by Crippen LogP contribution is -2.21. The Morgan fingerprint density at radius 2 is 1.79 bits per heavy atom. The van der Waals surface area contributed by atoms with Crippen molar-refractivity contribution >= 4 is 23.4 Å². The molecule has 0 aliphatic rings. The van der Waals surface area contributed by atoms with Crippen LogP contribution in [0.3, 0.4) is 0 Å². The molecular weight excluding hydrogens is 258 g/mol. The third kappa shape index (κ3) is 4.88. The summed E-state index contributed by atoms with van der Waals surface area (Å²) in [7, 11) is 0. The Morgan fingerprint density at radius 3 is 2.26 bits per heavy atom. The second-order valence-corrected chi connectivity index (χ2v) is 6.44. The van der Waals surface area contributed by atoms with Crippen molar-refractivity contribution < 1.29 is 9.90 Å². The van der Waals surface area contributed by atoms with Crippen LogP contribution in [0, 0.1) is 20.8 Å². The third-order valence-electron chi connectivity index (χ3n) is 3.10. The molecule has 1 aromatic carbocycles. The van der Waals surface area contributed by atoms with Gasteiger partial charge in [0.2, 0.25) is 5.91 Å². The first-order chi connectivity index (χ1) is 8.81. The fraction of sp³-hybridized carbons (Fsp3) is 0.533. The number of aliphatic hydroxyl groups excluding tert-OH is 1. The van der Waals surface area contributed by atoms with Crippen LogP contribution in [-0.2, 0) is 4.79 Å². The number of anilines is 1. The Morgan fingerprint density at radius 1 is 1.26 bits per heavy atom. The largest absolute Gasteiger partial charge is 0.392 e. The molecule has 3 nitrogen and oxygen atoms in total. The van der Waals surface area contributed by atoms with E-state index in [0.29, 0.717) is 5.75 Å². The molecule has 1 rings (SSSR count). The van der Waals surface area contributed by atoms with Gasteiger partial charge in [-0.2, -0.15) is 0 Å². The second-order valence-electron chi connectivity index (χ2n) is 5.08. The van der Waals surface area contributed by atoms with Gasteiger partial charge in [0.15, 0.2) is 0 Å². The monoisotopic (exact) mass is 281 g/mol. The Bertz CT molecular complexity index is 434. The van der Waals surface area contributed by atoms with Gasteiger partial charge in [0.05, 0.1) is 11.9 Å². The number of carbonyl (C=O) groups excluding carboxylic acids is 1. The Kier molecular flexibility index (Phi) is 5.88. The molecule has 1 amide bonds. The molecule has 0 saturated heterocycles. The molecular formula is C15H23NO2S. The SMILES string of the molecule is Cc1cc(C)c(NC(=O)CSC(C)C(C)O)c(C)c1. The fourth-order valence-electron chi connectivity index (χ4n) is 1.90. The molecule has 0 aromatic heterocycles. The van der Waals surface area contributed by atoms with Crippen LogP contribution in [0.1, 0.15) is 30.5 Å². The van der Waals surface area contributed by atoms with Gasteiger partial charge in [-0.1, -0.05) is 24.6 Å². The lowest BCUT2D eigenvalue weighted by Gasteiger charge is -2.15. The van der Waals surface area contributed by atoms with Gasteiger partial charge in [-0.3, -0.25) is 4.79 Å². The number of aryl methyl sites for hydroxylation is 3. The van der Waals surface area contributed by atoms with E-state index in [4.69, 9.17) is 0 Å². The van der Waals surface area contributed by atoms with E-state index in [-0.39, 0.29) is 11.2 Å². The molecule has 0 spiro atoms. The number of thioether (sulfide) groups is 1. The zero-order valence-corrected chi connectivity index (χ0v) is 13.1. The number of hydrogen-bond donors (Lipinski definition) is 2. The molecule has 1 aromatic rings. The van der Waals surface area contributed by atoms with Gasteiger partial charge in [0, 0.05) is 10.9 Å². The molecule has 0 aliphatic carbocycles. The number of carbonyl (C=O) groups is 1. The first kappa shape index (κ1) is 16.1. The van der Waals surface area contributed by atoms with E-state index in [0.717, 1.165) is 16.8 Å². The van der Waals surface area contributed by atoms with Gasteiger partial charge in [-0.05, 0) is 38.8 Å². The summed E-state index contributed by atoms with van der Waals surface area (Å²) in [5.74, 6) is 0.339. The zero-order chi connectivity index (χ0) is 14.6. The van der Waals surface area contributed by atoms with Crippen molar-refractivity contribution in [1.29, 1.82) is 0 Å². The van der Waals surface area contributed by atoms with Crippen LogP contribution < -0.4 is 5.32 Å². The molecule has 19 heavy (non-hydrogen) atoms. The molecule has 106 valence electrons. The average molecular weight is 281 g/mol. The average Bonchev–Trinajstić information content (AvgIpc) is 2.30. The maximum absolute atomic E-state index is 11.9. The van der Waals surface area contributed by atoms with Gasteiger partial charge in [-0.15, -0.1) is 11.8 Å². The van der Waals surface area contributed by atoms with E-state index in [9.17, 15) is 9.90 Å². The quantitative estimate of drug-likeness (QED) is 0.872. The number of aliphatic hydroxyl groups is 1. The first-order valence-electron chi connectivity index (χ1n) is 6.48. The van der Waals surface area contributed by atoms with Crippen molar-refractivity contribution in [1.82, 2.24) is 0 Å². The Hall–Kier alpha value is -1.00. The second kappa shape index (κ2) is 6.96. The number of rotatable bonds is 5. The summed E-state index contributed by atoms with van der Waals surface area (Å²) in [4.78, 5) is 11.9. The van der Waals surface area contributed by atoms with Crippen molar-refractivity contribution in [3.63, 3.8) is 0 Å². The number of nitrogens with one attached hydrogen (secondary N) is 1. The van der Waals surface area contributed by atoms with Gasteiger partial charge in [0.25, 0.3) is 0 Å². The minimum Gasteiger partial charge on any atom is -0.392 e. The maximum atomic E-state index is 11.9. The van der Waals surface area contributed by atoms with Gasteiger partial charge in [-0.25, -0.2) is 0 Å². The molecule has 0 heterocycles. The summed E-state index contributed by atoms with van der Waals surface area (Å²) in [6.45, 7) is 9.71. The molecule has 0 bridgehead atoms. The Balaban J connectivity index is 2.63. The smallest absolute Gasteiger partial charge is 0.234 e. The summed E-state index contributed by atoms with van der Waals surface area (Å²) in [6.07, 6.45) is -0.402.